The number of hydrogen-bond donors (Lipinski definition) is 0. The van der Waals surface area contributed by atoms with E-state index in [0.29, 0.717) is 0 Å². The molecule has 0 saturated carbocycles. The van der Waals surface area contributed by atoms with Crippen LogP contribution in [0.3, 0.4) is 0 Å². The summed E-state index contributed by atoms with van der Waals surface area (Å²) in [5.41, 5.74) is 3.12. The van der Waals surface area contributed by atoms with Crippen LogP contribution >= 0.6 is 0 Å². The summed E-state index contributed by atoms with van der Waals surface area (Å²) in [6, 6.07) is 18.0. The van der Waals surface area contributed by atoms with Crippen LogP contribution < -0.4 is 0 Å². The van der Waals surface area contributed by atoms with E-state index in [-0.39, 0.29) is 5.78 Å². The molecule has 0 aromatic heterocycles. The molecular weight excluding hydrogens is 294 g/mol. The minimum Gasteiger partial charge on any atom is -0.303 e. The van der Waals surface area contributed by atoms with Gasteiger partial charge >= 0.3 is 0 Å². The summed E-state index contributed by atoms with van der Waals surface area (Å²) in [6.07, 6.45) is 8.51. The summed E-state index contributed by atoms with van der Waals surface area (Å²) in [7, 11) is 0. The molecule has 24 heavy (non-hydrogen) atoms. The Bertz CT molecular complexity index is 667. The van der Waals surface area contributed by atoms with Gasteiger partial charge in [0.05, 0.1) is 0 Å². The van der Waals surface area contributed by atoms with Crippen molar-refractivity contribution in [3.05, 3.63) is 77.4 Å². The largest absolute Gasteiger partial charge is 0.303 e. The van der Waals surface area contributed by atoms with Crippen LogP contribution in [-0.4, -0.2) is 30.3 Å². The average Bonchev–Trinajstić information content (AvgIpc) is 3.15. The number of aryl methyl sites for hydroxylation is 1. The summed E-state index contributed by atoms with van der Waals surface area (Å²) < 4.78 is 0. The molecule has 0 N–H and O–H groups in total. The van der Waals surface area contributed by atoms with Gasteiger partial charge in [0, 0.05) is 5.56 Å². The number of rotatable bonds is 7. The minimum absolute atomic E-state index is 0.0578. The first-order valence-corrected chi connectivity index (χ1v) is 8.90. The predicted molar refractivity (Wildman–Crippen MR) is 100 cm³/mol. The highest BCUT2D eigenvalue weighted by Gasteiger charge is 2.10. The van der Waals surface area contributed by atoms with E-state index in [1.54, 1.807) is 6.08 Å². The molecule has 0 atom stereocenters. The smallest absolute Gasteiger partial charge is 0.185 e. The van der Waals surface area contributed by atoms with Crippen LogP contribution in [0.15, 0.2) is 60.7 Å². The highest BCUT2D eigenvalue weighted by Crippen LogP contribution is 2.12. The Balaban J connectivity index is 1.50. The predicted octanol–water partition coefficient (Wildman–Crippen LogP) is 4.61. The molecule has 124 valence electrons. The van der Waals surface area contributed by atoms with Gasteiger partial charge in [-0.05, 0) is 62.5 Å². The van der Waals surface area contributed by atoms with Gasteiger partial charge in [-0.2, -0.15) is 0 Å². The maximum atomic E-state index is 12.2. The molecule has 2 heteroatoms. The molecule has 3 rings (SSSR count). The van der Waals surface area contributed by atoms with E-state index in [0.717, 1.165) is 17.5 Å². The van der Waals surface area contributed by atoms with Gasteiger partial charge in [-0.15, -0.1) is 0 Å². The van der Waals surface area contributed by atoms with Crippen molar-refractivity contribution in [2.75, 3.05) is 19.6 Å². The maximum Gasteiger partial charge on any atom is 0.185 e. The lowest BCUT2D eigenvalue weighted by atomic mass is 10.0. The first kappa shape index (κ1) is 16.7. The van der Waals surface area contributed by atoms with Gasteiger partial charge in [-0.1, -0.05) is 60.7 Å². The quantitative estimate of drug-likeness (QED) is 0.548. The third-order valence-corrected chi connectivity index (χ3v) is 4.60. The fraction of sp³-hybridized carbons (Fsp3) is 0.318. The van der Waals surface area contributed by atoms with Crippen molar-refractivity contribution in [1.82, 2.24) is 4.90 Å². The molecule has 1 heterocycles. The number of benzene rings is 2. The van der Waals surface area contributed by atoms with Crippen LogP contribution in [-0.2, 0) is 6.42 Å². The third kappa shape index (κ3) is 4.90. The molecule has 1 fully saturated rings. The van der Waals surface area contributed by atoms with Crippen LogP contribution in [0, 0.1) is 0 Å². The number of allylic oxidation sites excluding steroid dienone is 1. The van der Waals surface area contributed by atoms with Crippen LogP contribution in [0.1, 0.15) is 40.7 Å². The normalized spacial score (nSPS) is 15.2. The van der Waals surface area contributed by atoms with Crippen LogP contribution in [0.4, 0.5) is 0 Å². The summed E-state index contributed by atoms with van der Waals surface area (Å²) in [4.78, 5) is 14.8. The van der Waals surface area contributed by atoms with Crippen molar-refractivity contribution in [2.24, 2.45) is 0 Å². The number of ketones is 1. The topological polar surface area (TPSA) is 20.3 Å². The van der Waals surface area contributed by atoms with Gasteiger partial charge in [0.1, 0.15) is 0 Å². The molecule has 2 aromatic carbocycles. The second kappa shape index (κ2) is 8.60. The first-order chi connectivity index (χ1) is 11.8. The van der Waals surface area contributed by atoms with Crippen molar-refractivity contribution < 1.29 is 4.79 Å². The van der Waals surface area contributed by atoms with Crippen molar-refractivity contribution >= 4 is 11.9 Å². The Labute approximate surface area is 144 Å². The second-order valence-corrected chi connectivity index (χ2v) is 6.46. The Morgan fingerprint density at radius 2 is 1.67 bits per heavy atom. The molecule has 1 saturated heterocycles. The van der Waals surface area contributed by atoms with Crippen molar-refractivity contribution in [2.45, 2.75) is 25.7 Å². The van der Waals surface area contributed by atoms with Crippen molar-refractivity contribution in [3.63, 3.8) is 0 Å². The zero-order valence-corrected chi connectivity index (χ0v) is 14.2. The Hall–Kier alpha value is -2.19. The molecule has 0 unspecified atom stereocenters. The zero-order chi connectivity index (χ0) is 16.6. The summed E-state index contributed by atoms with van der Waals surface area (Å²) >= 11 is 0. The Morgan fingerprint density at radius 3 is 2.38 bits per heavy atom. The van der Waals surface area contributed by atoms with E-state index < -0.39 is 0 Å². The Morgan fingerprint density at radius 1 is 0.958 bits per heavy atom. The summed E-state index contributed by atoms with van der Waals surface area (Å²) in [5, 5.41) is 0. The highest BCUT2D eigenvalue weighted by molar-refractivity contribution is 6.06. The van der Waals surface area contributed by atoms with Gasteiger partial charge in [0.15, 0.2) is 5.78 Å². The molecular formula is C22H25NO. The molecule has 0 amide bonds. The summed E-state index contributed by atoms with van der Waals surface area (Å²) in [5.74, 6) is 0.0578. The van der Waals surface area contributed by atoms with E-state index in [1.165, 1.54) is 44.5 Å². The first-order valence-electron chi connectivity index (χ1n) is 8.90. The van der Waals surface area contributed by atoms with E-state index in [9.17, 15) is 4.79 Å². The second-order valence-electron chi connectivity index (χ2n) is 6.46. The SMILES string of the molecule is O=C(C=Cc1ccccc1)c1ccc(CCCN2CCCC2)cc1. The molecule has 1 aliphatic rings. The average molecular weight is 319 g/mol. The van der Waals surface area contributed by atoms with Gasteiger partial charge in [-0.25, -0.2) is 0 Å². The van der Waals surface area contributed by atoms with Crippen LogP contribution in [0.2, 0.25) is 0 Å². The van der Waals surface area contributed by atoms with Crippen molar-refractivity contribution in [1.29, 1.82) is 0 Å². The lowest BCUT2D eigenvalue weighted by Crippen LogP contribution is -2.20. The van der Waals surface area contributed by atoms with E-state index >= 15 is 0 Å². The van der Waals surface area contributed by atoms with Gasteiger partial charge in [-0.3, -0.25) is 4.79 Å². The van der Waals surface area contributed by atoms with Gasteiger partial charge in [0.2, 0.25) is 0 Å². The molecule has 2 nitrogen and oxygen atoms in total. The number of carbonyl (C=O) groups excluding carboxylic acids is 1. The molecule has 2 aromatic rings. The molecule has 1 aliphatic heterocycles. The Kier molecular flexibility index (Phi) is 5.97. The fourth-order valence-corrected chi connectivity index (χ4v) is 3.18. The van der Waals surface area contributed by atoms with Gasteiger partial charge in [0.25, 0.3) is 0 Å². The van der Waals surface area contributed by atoms with Gasteiger partial charge < -0.3 is 4.90 Å². The molecule has 0 spiro atoms. The zero-order valence-electron chi connectivity index (χ0n) is 14.2. The van der Waals surface area contributed by atoms with E-state index in [1.807, 2.05) is 48.5 Å². The van der Waals surface area contributed by atoms with E-state index in [4.69, 9.17) is 0 Å². The lowest BCUT2D eigenvalue weighted by molar-refractivity contribution is 0.104. The maximum absolute atomic E-state index is 12.2. The number of hydrogen-bond acceptors (Lipinski definition) is 2. The lowest BCUT2D eigenvalue weighted by Gasteiger charge is -2.13. The number of carbonyl (C=O) groups is 1. The molecule has 0 aliphatic carbocycles. The van der Waals surface area contributed by atoms with Crippen molar-refractivity contribution in [3.8, 4) is 0 Å². The highest BCUT2D eigenvalue weighted by atomic mass is 16.1. The number of nitrogens with zero attached hydrogens (tertiary/aromatic N) is 1. The van der Waals surface area contributed by atoms with Crippen LogP contribution in [0.25, 0.3) is 6.08 Å². The number of likely N-dealkylation sites (tertiary alicyclic amines) is 1. The monoisotopic (exact) mass is 319 g/mol. The molecule has 0 radical (unpaired) electrons. The third-order valence-electron chi connectivity index (χ3n) is 4.60. The standard InChI is InChI=1S/C22H25NO/c24-22(15-12-19-7-2-1-3-8-19)21-13-10-20(11-14-21)9-6-18-23-16-4-5-17-23/h1-3,7-8,10-15H,4-6,9,16-18H2. The summed E-state index contributed by atoms with van der Waals surface area (Å²) in [6.45, 7) is 3.73. The van der Waals surface area contributed by atoms with E-state index in [2.05, 4.69) is 17.0 Å². The van der Waals surface area contributed by atoms with Crippen LogP contribution in [0.5, 0.6) is 0 Å². The molecule has 0 bridgehead atoms. The fourth-order valence-electron chi connectivity index (χ4n) is 3.18. The minimum atomic E-state index is 0.0578.